The molecule has 1 spiro atoms. The SMILES string of the molecule is Cc1cnc(CN2CC3(CCCN(C(=O)COCC(N)=O)C3)CCC2=O)cn1. The van der Waals surface area contributed by atoms with E-state index < -0.39 is 5.91 Å². The zero-order chi connectivity index (χ0) is 20.1. The predicted octanol–water partition coefficient (Wildman–Crippen LogP) is 0.0181. The molecule has 9 heteroatoms. The molecule has 2 fully saturated rings. The molecule has 9 nitrogen and oxygen atoms in total. The lowest BCUT2D eigenvalue weighted by molar-refractivity contribution is -0.146. The van der Waals surface area contributed by atoms with Crippen LogP contribution in [0.3, 0.4) is 0 Å². The van der Waals surface area contributed by atoms with E-state index in [0.717, 1.165) is 30.7 Å². The highest BCUT2D eigenvalue weighted by Gasteiger charge is 2.42. The quantitative estimate of drug-likeness (QED) is 0.733. The summed E-state index contributed by atoms with van der Waals surface area (Å²) in [7, 11) is 0. The van der Waals surface area contributed by atoms with E-state index in [4.69, 9.17) is 10.5 Å². The van der Waals surface area contributed by atoms with Crippen LogP contribution in [-0.4, -0.2) is 70.3 Å². The standard InChI is InChI=1S/C19H27N5O4/c1-14-7-22-15(8-21-14)9-24-13-19(5-3-17(24)26)4-2-6-23(12-19)18(27)11-28-10-16(20)25/h7-8H,2-6,9-13H2,1H3,(H2,20,25). The van der Waals surface area contributed by atoms with Gasteiger partial charge in [0.2, 0.25) is 17.7 Å². The molecule has 1 aromatic rings. The molecule has 2 N–H and O–H groups in total. The Kier molecular flexibility index (Phi) is 6.23. The van der Waals surface area contributed by atoms with E-state index in [1.165, 1.54) is 0 Å². The molecular formula is C19H27N5O4. The second-order valence-electron chi connectivity index (χ2n) is 7.78. The van der Waals surface area contributed by atoms with Crippen LogP contribution in [0.15, 0.2) is 12.4 Å². The first-order chi connectivity index (χ1) is 13.4. The Morgan fingerprint density at radius 1 is 1.21 bits per heavy atom. The van der Waals surface area contributed by atoms with Gasteiger partial charge in [-0.1, -0.05) is 0 Å². The van der Waals surface area contributed by atoms with Crippen LogP contribution in [-0.2, 0) is 25.7 Å². The van der Waals surface area contributed by atoms with Crippen LogP contribution in [0.1, 0.15) is 37.1 Å². The van der Waals surface area contributed by atoms with Crippen molar-refractivity contribution >= 4 is 17.7 Å². The lowest BCUT2D eigenvalue weighted by Gasteiger charge is -2.48. The van der Waals surface area contributed by atoms with E-state index in [1.807, 2.05) is 11.8 Å². The highest BCUT2D eigenvalue weighted by molar-refractivity contribution is 5.79. The Morgan fingerprint density at radius 3 is 2.75 bits per heavy atom. The summed E-state index contributed by atoms with van der Waals surface area (Å²) in [6.07, 6.45) is 6.51. The monoisotopic (exact) mass is 389 g/mol. The Morgan fingerprint density at radius 2 is 2.04 bits per heavy atom. The van der Waals surface area contributed by atoms with Gasteiger partial charge in [0.05, 0.1) is 24.1 Å². The molecule has 0 radical (unpaired) electrons. The fourth-order valence-corrected chi connectivity index (χ4v) is 4.03. The Bertz CT molecular complexity index is 738. The zero-order valence-electron chi connectivity index (χ0n) is 16.2. The summed E-state index contributed by atoms with van der Waals surface area (Å²) >= 11 is 0. The second-order valence-corrected chi connectivity index (χ2v) is 7.78. The summed E-state index contributed by atoms with van der Waals surface area (Å²) in [5.74, 6) is -0.627. The van der Waals surface area contributed by atoms with Gasteiger partial charge < -0.3 is 20.3 Å². The number of primary amides is 1. The maximum absolute atomic E-state index is 12.4. The average Bonchev–Trinajstić information content (AvgIpc) is 2.66. The summed E-state index contributed by atoms with van der Waals surface area (Å²) in [4.78, 5) is 47.9. The van der Waals surface area contributed by atoms with Crippen molar-refractivity contribution in [1.82, 2.24) is 19.8 Å². The molecule has 28 heavy (non-hydrogen) atoms. The molecule has 0 bridgehead atoms. The number of amides is 3. The number of nitrogens with two attached hydrogens (primary N) is 1. The van der Waals surface area contributed by atoms with Gasteiger partial charge in [-0.25, -0.2) is 0 Å². The molecule has 3 heterocycles. The molecule has 1 unspecified atom stereocenters. The number of nitrogens with zero attached hydrogens (tertiary/aromatic N) is 4. The largest absolute Gasteiger partial charge is 0.368 e. The minimum Gasteiger partial charge on any atom is -0.368 e. The van der Waals surface area contributed by atoms with Gasteiger partial charge in [0.25, 0.3) is 0 Å². The number of aromatic nitrogens is 2. The summed E-state index contributed by atoms with van der Waals surface area (Å²) in [5.41, 5.74) is 6.53. The van der Waals surface area contributed by atoms with Gasteiger partial charge in [0.1, 0.15) is 13.2 Å². The number of carbonyl (C=O) groups excluding carboxylic acids is 3. The van der Waals surface area contributed by atoms with Crippen molar-refractivity contribution in [2.45, 2.75) is 39.2 Å². The Labute approximate surface area is 164 Å². The third-order valence-electron chi connectivity index (χ3n) is 5.42. The average molecular weight is 389 g/mol. The molecule has 2 saturated heterocycles. The van der Waals surface area contributed by atoms with Crippen LogP contribution in [0.4, 0.5) is 0 Å². The van der Waals surface area contributed by atoms with E-state index in [0.29, 0.717) is 32.6 Å². The molecule has 152 valence electrons. The van der Waals surface area contributed by atoms with Crippen LogP contribution < -0.4 is 5.73 Å². The molecule has 2 aliphatic rings. The molecule has 1 aromatic heterocycles. The molecule has 0 aromatic carbocycles. The smallest absolute Gasteiger partial charge is 0.248 e. The summed E-state index contributed by atoms with van der Waals surface area (Å²) in [6.45, 7) is 3.76. The zero-order valence-corrected chi connectivity index (χ0v) is 16.2. The highest BCUT2D eigenvalue weighted by atomic mass is 16.5. The van der Waals surface area contributed by atoms with Gasteiger partial charge >= 0.3 is 0 Å². The number of hydrogen-bond acceptors (Lipinski definition) is 6. The molecule has 3 amide bonds. The lowest BCUT2D eigenvalue weighted by atomic mass is 9.73. The van der Waals surface area contributed by atoms with Crippen LogP contribution in [0.25, 0.3) is 0 Å². The number of likely N-dealkylation sites (tertiary alicyclic amines) is 2. The van der Waals surface area contributed by atoms with Gasteiger partial charge in [0, 0.05) is 37.7 Å². The number of aryl methyl sites for hydroxylation is 1. The fourth-order valence-electron chi connectivity index (χ4n) is 4.03. The maximum Gasteiger partial charge on any atom is 0.248 e. The van der Waals surface area contributed by atoms with E-state index in [2.05, 4.69) is 9.97 Å². The third-order valence-corrected chi connectivity index (χ3v) is 5.42. The molecule has 1 atom stereocenters. The van der Waals surface area contributed by atoms with Crippen molar-refractivity contribution in [3.05, 3.63) is 23.8 Å². The predicted molar refractivity (Wildman–Crippen MR) is 99.7 cm³/mol. The number of hydrogen-bond donors (Lipinski definition) is 1. The molecule has 0 saturated carbocycles. The molecule has 0 aliphatic carbocycles. The number of rotatable bonds is 6. The fraction of sp³-hybridized carbons (Fsp3) is 0.632. The van der Waals surface area contributed by atoms with Crippen molar-refractivity contribution < 1.29 is 19.1 Å². The van der Waals surface area contributed by atoms with Crippen molar-refractivity contribution in [1.29, 1.82) is 0 Å². The Balaban J connectivity index is 1.62. The lowest BCUT2D eigenvalue weighted by Crippen LogP contribution is -2.55. The molecule has 3 rings (SSSR count). The van der Waals surface area contributed by atoms with Crippen molar-refractivity contribution in [2.75, 3.05) is 32.8 Å². The summed E-state index contributed by atoms with van der Waals surface area (Å²) in [6, 6.07) is 0. The number of ether oxygens (including phenoxy) is 1. The molecule has 2 aliphatic heterocycles. The normalized spacial score (nSPS) is 22.5. The second kappa shape index (κ2) is 8.64. The van der Waals surface area contributed by atoms with Crippen LogP contribution in [0.5, 0.6) is 0 Å². The van der Waals surface area contributed by atoms with E-state index in [1.54, 1.807) is 17.3 Å². The molecular weight excluding hydrogens is 362 g/mol. The topological polar surface area (TPSA) is 119 Å². The van der Waals surface area contributed by atoms with Gasteiger partial charge in [-0.2, -0.15) is 0 Å². The Hall–Kier alpha value is -2.55. The van der Waals surface area contributed by atoms with Crippen LogP contribution in [0, 0.1) is 12.3 Å². The highest BCUT2D eigenvalue weighted by Crippen LogP contribution is 2.39. The van der Waals surface area contributed by atoms with Gasteiger partial charge in [-0.3, -0.25) is 24.4 Å². The first-order valence-electron chi connectivity index (χ1n) is 9.56. The van der Waals surface area contributed by atoms with Gasteiger partial charge in [-0.15, -0.1) is 0 Å². The first-order valence-corrected chi connectivity index (χ1v) is 9.56. The minimum absolute atomic E-state index is 0.108. The third kappa shape index (κ3) is 5.03. The first kappa shape index (κ1) is 20.2. The van der Waals surface area contributed by atoms with E-state index in [-0.39, 0.29) is 30.4 Å². The number of piperidine rings is 2. The van der Waals surface area contributed by atoms with Gasteiger partial charge in [-0.05, 0) is 26.2 Å². The maximum atomic E-state index is 12.4. The van der Waals surface area contributed by atoms with Crippen LogP contribution in [0.2, 0.25) is 0 Å². The van der Waals surface area contributed by atoms with Crippen LogP contribution >= 0.6 is 0 Å². The number of carbonyl (C=O) groups is 3. The van der Waals surface area contributed by atoms with Crippen molar-refractivity contribution in [3.63, 3.8) is 0 Å². The van der Waals surface area contributed by atoms with E-state index >= 15 is 0 Å². The van der Waals surface area contributed by atoms with Gasteiger partial charge in [0.15, 0.2) is 0 Å². The summed E-state index contributed by atoms with van der Waals surface area (Å²) in [5, 5.41) is 0. The summed E-state index contributed by atoms with van der Waals surface area (Å²) < 4.78 is 5.07. The van der Waals surface area contributed by atoms with Crippen molar-refractivity contribution in [2.24, 2.45) is 11.1 Å². The minimum atomic E-state index is -0.594. The van der Waals surface area contributed by atoms with E-state index in [9.17, 15) is 14.4 Å². The van der Waals surface area contributed by atoms with Crippen molar-refractivity contribution in [3.8, 4) is 0 Å².